The highest BCUT2D eigenvalue weighted by molar-refractivity contribution is 5.80. The molecule has 1 aliphatic rings. The zero-order valence-corrected chi connectivity index (χ0v) is 40.3. The van der Waals surface area contributed by atoms with Crippen molar-refractivity contribution in [3.63, 3.8) is 0 Å². The summed E-state index contributed by atoms with van der Waals surface area (Å²) < 4.78 is 11.1. The third-order valence-corrected chi connectivity index (χ3v) is 12.7. The van der Waals surface area contributed by atoms with Gasteiger partial charge in [0.15, 0.2) is 6.29 Å². The van der Waals surface area contributed by atoms with E-state index in [4.69, 9.17) is 9.47 Å². The van der Waals surface area contributed by atoms with Crippen LogP contribution in [0, 0.1) is 0 Å². The number of rotatable bonds is 44. The van der Waals surface area contributed by atoms with E-state index in [2.05, 4.69) is 43.5 Å². The van der Waals surface area contributed by atoms with Crippen LogP contribution in [-0.4, -0.2) is 110 Å². The number of carbonyl (C=O) groups excluding carboxylic acids is 1. The smallest absolute Gasteiger partial charge is 0.249 e. The SMILES string of the molecule is CCCCCCCC/C=C\CCCCCCCCCCCCCCCC[C@@H](O)C(=O)N[C@@H](CO[C@@H]1O[C@H](CO)[C@H](O)[C@H](O)[C@H]1O)[C@H](O)[C@H](O)CCC/C=C\CCCCCCCCC. The molecule has 8 N–H and O–H groups in total. The zero-order valence-electron chi connectivity index (χ0n) is 40.3. The van der Waals surface area contributed by atoms with Crippen molar-refractivity contribution in [3.8, 4) is 0 Å². The number of ether oxygens (including phenoxy) is 2. The summed E-state index contributed by atoms with van der Waals surface area (Å²) in [6, 6.07) is -1.18. The number of aliphatic hydroxyl groups is 7. The van der Waals surface area contributed by atoms with E-state index in [0.29, 0.717) is 12.8 Å². The molecule has 9 atom stereocenters. The topological polar surface area (TPSA) is 189 Å². The number of hydrogen-bond acceptors (Lipinski definition) is 10. The molecule has 1 saturated heterocycles. The fourth-order valence-corrected chi connectivity index (χ4v) is 8.38. The summed E-state index contributed by atoms with van der Waals surface area (Å²) in [5.41, 5.74) is 0. The fourth-order valence-electron chi connectivity index (χ4n) is 8.38. The highest BCUT2D eigenvalue weighted by Crippen LogP contribution is 2.23. The summed E-state index contributed by atoms with van der Waals surface area (Å²) in [7, 11) is 0. The Labute approximate surface area is 384 Å². The van der Waals surface area contributed by atoms with E-state index in [0.717, 1.165) is 38.5 Å². The standard InChI is InChI=1S/C52H99NO10/c1-3-5-7-9-11-13-15-17-18-19-20-21-22-23-24-25-26-27-28-30-32-34-36-38-40-45(56)51(61)53-43(42-62-52-50(60)49(59)48(58)46(41-54)63-52)47(57)44(55)39-37-35-33-31-29-16-14-12-10-8-6-4-2/h17-18,31,33,43-50,52,54-60H,3-16,19-30,32,34-42H2,1-2H3,(H,53,61)/b18-17-,33-31-/t43-,44+,45+,46+,47-,48-,49-,50+,52+/m0/s1. The Balaban J connectivity index is 2.32. The highest BCUT2D eigenvalue weighted by atomic mass is 16.7. The monoisotopic (exact) mass is 898 g/mol. The minimum atomic E-state index is -1.67. The van der Waals surface area contributed by atoms with Crippen LogP contribution in [0.1, 0.15) is 232 Å². The van der Waals surface area contributed by atoms with Gasteiger partial charge in [-0.05, 0) is 64.2 Å². The molecule has 1 fully saturated rings. The third kappa shape index (κ3) is 31.2. The van der Waals surface area contributed by atoms with Crippen LogP contribution in [0.4, 0.5) is 0 Å². The molecule has 0 aromatic rings. The van der Waals surface area contributed by atoms with Crippen LogP contribution in [0.5, 0.6) is 0 Å². The lowest BCUT2D eigenvalue weighted by molar-refractivity contribution is -0.303. The molecule has 0 aliphatic carbocycles. The summed E-state index contributed by atoms with van der Waals surface area (Å²) in [6.45, 7) is 3.42. The van der Waals surface area contributed by atoms with E-state index >= 15 is 0 Å². The molecule has 1 rings (SSSR count). The predicted octanol–water partition coefficient (Wildman–Crippen LogP) is 9.79. The second-order valence-corrected chi connectivity index (χ2v) is 18.6. The molecule has 0 bridgehead atoms. The summed E-state index contributed by atoms with van der Waals surface area (Å²) in [6.07, 6.45) is 36.7. The van der Waals surface area contributed by atoms with Gasteiger partial charge in [-0.2, -0.15) is 0 Å². The van der Waals surface area contributed by atoms with Crippen LogP contribution in [-0.2, 0) is 14.3 Å². The number of allylic oxidation sites excluding steroid dienone is 4. The van der Waals surface area contributed by atoms with Crippen molar-refractivity contribution in [1.82, 2.24) is 5.32 Å². The van der Waals surface area contributed by atoms with E-state index in [-0.39, 0.29) is 12.8 Å². The van der Waals surface area contributed by atoms with E-state index in [1.165, 1.54) is 154 Å². The van der Waals surface area contributed by atoms with Crippen molar-refractivity contribution in [1.29, 1.82) is 0 Å². The van der Waals surface area contributed by atoms with Gasteiger partial charge in [-0.3, -0.25) is 4.79 Å². The first-order valence-electron chi connectivity index (χ1n) is 26.2. The Morgan fingerprint density at radius 1 is 0.540 bits per heavy atom. The molecule has 63 heavy (non-hydrogen) atoms. The van der Waals surface area contributed by atoms with Crippen molar-refractivity contribution in [2.24, 2.45) is 0 Å². The quantitative estimate of drug-likeness (QED) is 0.0216. The molecule has 0 aromatic heterocycles. The number of nitrogens with one attached hydrogen (secondary N) is 1. The van der Waals surface area contributed by atoms with Gasteiger partial charge in [0.05, 0.1) is 25.4 Å². The zero-order chi connectivity index (χ0) is 46.2. The van der Waals surface area contributed by atoms with Crippen LogP contribution < -0.4 is 5.32 Å². The van der Waals surface area contributed by atoms with Crippen LogP contribution in [0.15, 0.2) is 24.3 Å². The number of amides is 1. The summed E-state index contributed by atoms with van der Waals surface area (Å²) in [4.78, 5) is 13.1. The molecule has 11 nitrogen and oxygen atoms in total. The predicted molar refractivity (Wildman–Crippen MR) is 256 cm³/mol. The molecule has 0 saturated carbocycles. The Bertz CT molecular complexity index is 1080. The molecule has 1 amide bonds. The van der Waals surface area contributed by atoms with Crippen molar-refractivity contribution >= 4 is 5.91 Å². The normalized spacial score (nSPS) is 21.3. The Hall–Kier alpha value is -1.41. The second-order valence-electron chi connectivity index (χ2n) is 18.6. The van der Waals surface area contributed by atoms with Gasteiger partial charge in [0, 0.05) is 0 Å². The van der Waals surface area contributed by atoms with Crippen molar-refractivity contribution in [2.75, 3.05) is 13.2 Å². The maximum Gasteiger partial charge on any atom is 0.249 e. The summed E-state index contributed by atoms with van der Waals surface area (Å²) >= 11 is 0. The molecule has 0 radical (unpaired) electrons. The van der Waals surface area contributed by atoms with Crippen LogP contribution in [0.3, 0.4) is 0 Å². The van der Waals surface area contributed by atoms with Gasteiger partial charge in [0.25, 0.3) is 0 Å². The largest absolute Gasteiger partial charge is 0.394 e. The maximum atomic E-state index is 13.1. The number of aliphatic hydroxyl groups excluding tert-OH is 7. The van der Waals surface area contributed by atoms with Gasteiger partial charge < -0.3 is 50.5 Å². The first-order chi connectivity index (χ1) is 30.7. The first-order valence-corrected chi connectivity index (χ1v) is 26.2. The summed E-state index contributed by atoms with van der Waals surface area (Å²) in [5, 5.41) is 75.8. The first kappa shape index (κ1) is 59.6. The van der Waals surface area contributed by atoms with Gasteiger partial charge in [0.2, 0.25) is 5.91 Å². The molecule has 1 heterocycles. The van der Waals surface area contributed by atoms with Crippen molar-refractivity contribution in [3.05, 3.63) is 24.3 Å². The fraction of sp³-hybridized carbons (Fsp3) is 0.904. The van der Waals surface area contributed by atoms with Crippen LogP contribution >= 0.6 is 0 Å². The van der Waals surface area contributed by atoms with E-state index in [1.807, 2.05) is 0 Å². The van der Waals surface area contributed by atoms with E-state index in [1.54, 1.807) is 0 Å². The molecular weight excluding hydrogens is 799 g/mol. The number of unbranched alkanes of at least 4 members (excludes halogenated alkanes) is 28. The van der Waals surface area contributed by atoms with Crippen LogP contribution in [0.2, 0.25) is 0 Å². The minimum Gasteiger partial charge on any atom is -0.394 e. The second kappa shape index (κ2) is 42.0. The lowest BCUT2D eigenvalue weighted by Crippen LogP contribution is -2.60. The molecule has 372 valence electrons. The molecule has 1 aliphatic heterocycles. The molecular formula is C52H99NO10. The van der Waals surface area contributed by atoms with Crippen molar-refractivity contribution in [2.45, 2.75) is 287 Å². The number of hydrogen-bond donors (Lipinski definition) is 8. The minimum absolute atomic E-state index is 0.256. The summed E-state index contributed by atoms with van der Waals surface area (Å²) in [5.74, 6) is -0.705. The highest BCUT2D eigenvalue weighted by Gasteiger charge is 2.44. The van der Waals surface area contributed by atoms with Gasteiger partial charge in [-0.1, -0.05) is 192 Å². The van der Waals surface area contributed by atoms with Gasteiger partial charge >= 0.3 is 0 Å². The Morgan fingerprint density at radius 2 is 0.937 bits per heavy atom. The van der Waals surface area contributed by atoms with Gasteiger partial charge in [-0.25, -0.2) is 0 Å². The van der Waals surface area contributed by atoms with Gasteiger partial charge in [-0.15, -0.1) is 0 Å². The molecule has 0 aromatic carbocycles. The maximum absolute atomic E-state index is 13.1. The molecule has 11 heteroatoms. The van der Waals surface area contributed by atoms with Crippen LogP contribution in [0.25, 0.3) is 0 Å². The Kier molecular flexibility index (Phi) is 39.7. The molecule has 0 unspecified atom stereocenters. The van der Waals surface area contributed by atoms with Gasteiger partial charge in [0.1, 0.15) is 36.6 Å². The van der Waals surface area contributed by atoms with Crippen molar-refractivity contribution < 1.29 is 50.0 Å². The van der Waals surface area contributed by atoms with E-state index in [9.17, 15) is 40.5 Å². The number of carbonyl (C=O) groups is 1. The lowest BCUT2D eigenvalue weighted by Gasteiger charge is -2.40. The molecule has 0 spiro atoms. The average molecular weight is 898 g/mol. The van der Waals surface area contributed by atoms with E-state index < -0.39 is 74.2 Å². The lowest BCUT2D eigenvalue weighted by atomic mass is 9.98. The average Bonchev–Trinajstić information content (AvgIpc) is 3.28. The third-order valence-electron chi connectivity index (χ3n) is 12.7. The Morgan fingerprint density at radius 3 is 1.37 bits per heavy atom.